The molecule has 2 unspecified atom stereocenters. The van der Waals surface area contributed by atoms with Crippen LogP contribution in [0.3, 0.4) is 0 Å². The lowest BCUT2D eigenvalue weighted by atomic mass is 10.0. The summed E-state index contributed by atoms with van der Waals surface area (Å²) >= 11 is 0. The highest BCUT2D eigenvalue weighted by atomic mass is 16.1. The first-order chi connectivity index (χ1) is 17.4. The number of hydrogen-bond acceptors (Lipinski definition) is 8. The highest BCUT2D eigenvalue weighted by Gasteiger charge is 2.38. The third-order valence-corrected chi connectivity index (χ3v) is 8.20. The van der Waals surface area contributed by atoms with Gasteiger partial charge in [-0.25, -0.2) is 9.97 Å². The molecule has 2 saturated heterocycles. The van der Waals surface area contributed by atoms with E-state index < -0.39 is 0 Å². The van der Waals surface area contributed by atoms with Gasteiger partial charge in [-0.15, -0.1) is 0 Å². The predicted molar refractivity (Wildman–Crippen MR) is 140 cm³/mol. The van der Waals surface area contributed by atoms with Crippen LogP contribution in [-0.4, -0.2) is 62.4 Å². The molecule has 0 spiro atoms. The van der Waals surface area contributed by atoms with Gasteiger partial charge in [0.05, 0.1) is 17.4 Å². The number of carbonyl (C=O) groups is 1. The molecule has 1 aliphatic carbocycles. The minimum Gasteiger partial charge on any atom is -0.362 e. The van der Waals surface area contributed by atoms with Gasteiger partial charge in [-0.3, -0.25) is 14.2 Å². The van der Waals surface area contributed by atoms with E-state index >= 15 is 0 Å². The summed E-state index contributed by atoms with van der Waals surface area (Å²) in [6.45, 7) is 5.44. The third-order valence-electron chi connectivity index (χ3n) is 8.20. The number of aromatic nitrogens is 4. The minimum absolute atomic E-state index is 0.0535. The van der Waals surface area contributed by atoms with Crippen molar-refractivity contribution in [3.8, 4) is 0 Å². The van der Waals surface area contributed by atoms with Crippen molar-refractivity contribution in [1.29, 1.82) is 0 Å². The van der Waals surface area contributed by atoms with Crippen LogP contribution in [0.4, 0.5) is 17.5 Å². The average molecular weight is 488 g/mol. The number of hydrogen-bond donors (Lipinski definition) is 1. The van der Waals surface area contributed by atoms with Crippen molar-refractivity contribution in [2.45, 2.75) is 70.5 Å². The molecule has 188 valence electrons. The van der Waals surface area contributed by atoms with Crippen LogP contribution in [0, 0.1) is 6.92 Å². The number of likely N-dealkylation sites (tertiary alicyclic amines) is 1. The van der Waals surface area contributed by atoms with Gasteiger partial charge in [0.15, 0.2) is 5.78 Å². The van der Waals surface area contributed by atoms with Gasteiger partial charge in [0.25, 0.3) is 5.56 Å². The quantitative estimate of drug-likeness (QED) is 0.543. The zero-order valence-electron chi connectivity index (χ0n) is 21.2. The fourth-order valence-electron chi connectivity index (χ4n) is 6.57. The molecule has 0 amide bonds. The van der Waals surface area contributed by atoms with E-state index in [1.54, 1.807) is 10.8 Å². The number of pyridine rings is 2. The molecule has 3 aliphatic rings. The van der Waals surface area contributed by atoms with Gasteiger partial charge >= 0.3 is 0 Å². The number of likely N-dealkylation sites (N-methyl/N-ethyl adjacent to an activating group) is 1. The van der Waals surface area contributed by atoms with Crippen molar-refractivity contribution in [2.75, 3.05) is 30.4 Å². The number of rotatable bonds is 5. The molecule has 36 heavy (non-hydrogen) atoms. The molecule has 9 nitrogen and oxygen atoms in total. The topological polar surface area (TPSA) is 96.2 Å². The number of aryl methyl sites for hydroxylation is 1. The zero-order valence-corrected chi connectivity index (χ0v) is 21.2. The number of nitrogens with zero attached hydrogens (tertiary/aromatic N) is 6. The van der Waals surface area contributed by atoms with Crippen LogP contribution in [0.1, 0.15) is 67.4 Å². The minimum atomic E-state index is -0.242. The van der Waals surface area contributed by atoms with Crippen molar-refractivity contribution in [3.05, 3.63) is 46.0 Å². The van der Waals surface area contributed by atoms with E-state index in [1.807, 2.05) is 19.2 Å². The lowest BCUT2D eigenvalue weighted by Gasteiger charge is -2.40. The summed E-state index contributed by atoms with van der Waals surface area (Å²) in [5.74, 6) is 0.835. The van der Waals surface area contributed by atoms with Crippen LogP contribution >= 0.6 is 0 Å². The van der Waals surface area contributed by atoms with Crippen LogP contribution in [0.15, 0.2) is 29.3 Å². The Morgan fingerprint density at radius 2 is 1.72 bits per heavy atom. The Morgan fingerprint density at radius 3 is 2.36 bits per heavy atom. The van der Waals surface area contributed by atoms with Crippen molar-refractivity contribution >= 4 is 34.3 Å². The molecule has 2 bridgehead atoms. The Morgan fingerprint density at radius 1 is 1.00 bits per heavy atom. The van der Waals surface area contributed by atoms with E-state index in [2.05, 4.69) is 38.2 Å². The van der Waals surface area contributed by atoms with Gasteiger partial charge in [-0.1, -0.05) is 12.8 Å². The Kier molecular flexibility index (Phi) is 5.75. The third kappa shape index (κ3) is 3.86. The Hall–Kier alpha value is -3.33. The van der Waals surface area contributed by atoms with Crippen molar-refractivity contribution in [1.82, 2.24) is 24.4 Å². The van der Waals surface area contributed by atoms with Gasteiger partial charge < -0.3 is 15.1 Å². The second-order valence-electron chi connectivity index (χ2n) is 10.6. The summed E-state index contributed by atoms with van der Waals surface area (Å²) in [6.07, 6.45) is 10.1. The number of carbonyl (C=O) groups excluding carboxylic acids is 1. The second-order valence-corrected chi connectivity index (χ2v) is 10.6. The number of fused-ring (bicyclic) bond motifs is 3. The lowest BCUT2D eigenvalue weighted by molar-refractivity contribution is 0.101. The molecule has 0 radical (unpaired) electrons. The number of piperazine rings is 1. The second kappa shape index (κ2) is 8.96. The van der Waals surface area contributed by atoms with E-state index in [-0.39, 0.29) is 22.9 Å². The number of nitrogens with one attached hydrogen (secondary N) is 1. The van der Waals surface area contributed by atoms with Crippen LogP contribution in [0.25, 0.3) is 11.0 Å². The maximum Gasteiger partial charge on any atom is 0.263 e. The molecule has 5 heterocycles. The molecular formula is C27H33N7O2. The lowest BCUT2D eigenvalue weighted by Crippen LogP contribution is -2.52. The summed E-state index contributed by atoms with van der Waals surface area (Å²) < 4.78 is 1.73. The fraction of sp³-hybridized carbons (Fsp3) is 0.519. The van der Waals surface area contributed by atoms with Crippen LogP contribution in [-0.2, 0) is 0 Å². The van der Waals surface area contributed by atoms with Gasteiger partial charge in [0.2, 0.25) is 5.95 Å². The van der Waals surface area contributed by atoms with Crippen molar-refractivity contribution in [3.63, 3.8) is 0 Å². The molecular weight excluding hydrogens is 454 g/mol. The highest BCUT2D eigenvalue weighted by molar-refractivity contribution is 5.99. The molecule has 3 aromatic heterocycles. The van der Waals surface area contributed by atoms with E-state index in [0.29, 0.717) is 35.1 Å². The Balaban J connectivity index is 1.32. The van der Waals surface area contributed by atoms with E-state index in [4.69, 9.17) is 4.98 Å². The first kappa shape index (κ1) is 23.1. The first-order valence-corrected chi connectivity index (χ1v) is 13.0. The fourth-order valence-corrected chi connectivity index (χ4v) is 6.57. The maximum atomic E-state index is 13.4. The zero-order chi connectivity index (χ0) is 25.0. The smallest absolute Gasteiger partial charge is 0.263 e. The molecule has 9 heteroatoms. The summed E-state index contributed by atoms with van der Waals surface area (Å²) in [4.78, 5) is 44.6. The first-order valence-electron chi connectivity index (χ1n) is 13.0. The average Bonchev–Trinajstić information content (AvgIpc) is 3.46. The monoisotopic (exact) mass is 487 g/mol. The molecule has 2 aliphatic heterocycles. The molecule has 2 atom stereocenters. The molecule has 1 N–H and O–H groups in total. The number of Topliss-reactive ketones (excluding diaryl/α,β-unsaturated/α-hetero) is 1. The molecule has 3 aromatic rings. The number of anilines is 3. The molecule has 6 rings (SSSR count). The van der Waals surface area contributed by atoms with Crippen molar-refractivity contribution < 1.29 is 4.79 Å². The summed E-state index contributed by atoms with van der Waals surface area (Å²) in [7, 11) is 2.20. The van der Waals surface area contributed by atoms with Crippen LogP contribution in [0.5, 0.6) is 0 Å². The number of ketones is 1. The van der Waals surface area contributed by atoms with Gasteiger partial charge in [0, 0.05) is 42.8 Å². The highest BCUT2D eigenvalue weighted by Crippen LogP contribution is 2.35. The van der Waals surface area contributed by atoms with E-state index in [0.717, 1.165) is 49.8 Å². The molecule has 0 aromatic carbocycles. The van der Waals surface area contributed by atoms with Gasteiger partial charge in [0.1, 0.15) is 11.5 Å². The predicted octanol–water partition coefficient (Wildman–Crippen LogP) is 3.84. The normalized spacial score (nSPS) is 22.5. The molecule has 1 saturated carbocycles. The van der Waals surface area contributed by atoms with Gasteiger partial charge in [-0.05, 0) is 64.3 Å². The standard InChI is InChI=1S/C27H33N7O2/c1-16-22-13-29-27(31-25(22)34(18-6-4-5-7-18)26(36)24(16)17(2)35)30-23-11-10-19(12-28-23)33-20-8-9-21(33)15-32(3)14-20/h10-13,18,20-21H,4-9,14-15H2,1-3H3,(H,28,29,30,31). The van der Waals surface area contributed by atoms with E-state index in [1.165, 1.54) is 19.8 Å². The summed E-state index contributed by atoms with van der Waals surface area (Å²) in [5, 5.41) is 3.96. The largest absolute Gasteiger partial charge is 0.362 e. The summed E-state index contributed by atoms with van der Waals surface area (Å²) in [5.41, 5.74) is 2.38. The van der Waals surface area contributed by atoms with Gasteiger partial charge in [-0.2, -0.15) is 4.98 Å². The maximum absolute atomic E-state index is 13.4. The van der Waals surface area contributed by atoms with Crippen molar-refractivity contribution in [2.24, 2.45) is 0 Å². The molecule has 3 fully saturated rings. The van der Waals surface area contributed by atoms with Crippen LogP contribution in [0.2, 0.25) is 0 Å². The summed E-state index contributed by atoms with van der Waals surface area (Å²) in [6, 6.07) is 5.24. The SMILES string of the molecule is CC(=O)c1c(C)c2cnc(Nc3ccc(N4C5CCC4CN(C)C5)cn3)nc2n(C2CCCC2)c1=O. The van der Waals surface area contributed by atoms with E-state index in [9.17, 15) is 9.59 Å². The Bertz CT molecular complexity index is 1360. The Labute approximate surface area is 210 Å². The van der Waals surface area contributed by atoms with Crippen LogP contribution < -0.4 is 15.8 Å².